The third-order valence-electron chi connectivity index (χ3n) is 7.23. The second-order valence-corrected chi connectivity index (χ2v) is 9.55. The number of fused-ring (bicyclic) bond motifs is 1. The van der Waals surface area contributed by atoms with Gasteiger partial charge in [0, 0.05) is 30.5 Å². The van der Waals surface area contributed by atoms with Crippen molar-refractivity contribution in [2.75, 3.05) is 18.0 Å². The summed E-state index contributed by atoms with van der Waals surface area (Å²) in [5.74, 6) is -0.481. The Labute approximate surface area is 196 Å². The van der Waals surface area contributed by atoms with Crippen molar-refractivity contribution >= 4 is 17.4 Å². The number of carbonyl (C=O) groups excluding carboxylic acids is 1. The van der Waals surface area contributed by atoms with Crippen molar-refractivity contribution in [3.63, 3.8) is 0 Å². The van der Waals surface area contributed by atoms with Crippen LogP contribution in [0.5, 0.6) is 0 Å². The largest absolute Gasteiger partial charge is 0.382 e. The topological polar surface area (TPSA) is 99.2 Å². The highest BCUT2D eigenvalue weighted by Gasteiger charge is 2.34. The molecule has 0 radical (unpaired) electrons. The minimum atomic E-state index is -0.401. The number of unbranched alkanes of at least 4 members (excludes halogenated alkanes) is 2. The summed E-state index contributed by atoms with van der Waals surface area (Å²) in [6.07, 6.45) is 10.9. The molecule has 1 aromatic heterocycles. The Balaban J connectivity index is 1.42. The molecular formula is C26H36N6O. The fourth-order valence-electron chi connectivity index (χ4n) is 5.36. The van der Waals surface area contributed by atoms with E-state index in [0.717, 1.165) is 37.1 Å². The maximum atomic E-state index is 13.5. The highest BCUT2D eigenvalue weighted by atomic mass is 16.2. The molecule has 1 fully saturated rings. The second-order valence-electron chi connectivity index (χ2n) is 9.55. The van der Waals surface area contributed by atoms with E-state index in [9.17, 15) is 4.79 Å². The smallest absolute Gasteiger partial charge is 0.236 e. The van der Waals surface area contributed by atoms with Crippen molar-refractivity contribution in [1.82, 2.24) is 14.9 Å². The van der Waals surface area contributed by atoms with E-state index < -0.39 is 5.92 Å². The molecule has 33 heavy (non-hydrogen) atoms. The lowest BCUT2D eigenvalue weighted by Gasteiger charge is -2.39. The van der Waals surface area contributed by atoms with E-state index in [2.05, 4.69) is 34.8 Å². The van der Waals surface area contributed by atoms with Crippen LogP contribution in [0.4, 0.5) is 5.69 Å². The molecule has 0 spiro atoms. The first kappa shape index (κ1) is 23.4. The lowest BCUT2D eigenvalue weighted by atomic mass is 9.89. The molecule has 1 amide bonds. The van der Waals surface area contributed by atoms with Crippen LogP contribution in [0.3, 0.4) is 0 Å². The van der Waals surface area contributed by atoms with Crippen molar-refractivity contribution in [2.45, 2.75) is 76.8 Å². The molecule has 176 valence electrons. The molecule has 2 aliphatic heterocycles. The minimum Gasteiger partial charge on any atom is -0.382 e. The van der Waals surface area contributed by atoms with Gasteiger partial charge in [0.15, 0.2) is 0 Å². The molecule has 7 nitrogen and oxygen atoms in total. The van der Waals surface area contributed by atoms with Gasteiger partial charge in [-0.3, -0.25) is 20.1 Å². The van der Waals surface area contributed by atoms with Crippen LogP contribution in [-0.4, -0.2) is 51.8 Å². The van der Waals surface area contributed by atoms with Gasteiger partial charge in [0.1, 0.15) is 11.5 Å². The van der Waals surface area contributed by atoms with Crippen LogP contribution in [0, 0.1) is 5.41 Å². The van der Waals surface area contributed by atoms with E-state index in [1.54, 1.807) is 6.20 Å². The fourth-order valence-corrected chi connectivity index (χ4v) is 5.36. The van der Waals surface area contributed by atoms with Crippen molar-refractivity contribution in [3.05, 3.63) is 53.6 Å². The number of amidine groups is 1. The van der Waals surface area contributed by atoms with E-state index in [0.29, 0.717) is 36.4 Å². The number of hydrogen-bond acceptors (Lipinski definition) is 5. The number of nitrogen functional groups attached to an aromatic ring is 1. The number of anilines is 1. The van der Waals surface area contributed by atoms with Gasteiger partial charge in [-0.1, -0.05) is 31.0 Å². The first-order chi connectivity index (χ1) is 16.0. The Morgan fingerprint density at radius 3 is 2.58 bits per heavy atom. The lowest BCUT2D eigenvalue weighted by molar-refractivity contribution is -0.120. The Morgan fingerprint density at radius 1 is 1.09 bits per heavy atom. The van der Waals surface area contributed by atoms with Crippen LogP contribution < -0.4 is 10.6 Å². The minimum absolute atomic E-state index is 0.0574. The quantitative estimate of drug-likeness (QED) is 0.363. The molecule has 1 saturated heterocycles. The van der Waals surface area contributed by atoms with Crippen LogP contribution in [0.2, 0.25) is 0 Å². The van der Waals surface area contributed by atoms with E-state index >= 15 is 0 Å². The SMILES string of the molecule is C[C@@H]1CCC[C@H](C)N1CCCCCN1C(=O)C(c2cncc(C(=N)N)n2)Cc2ccccc21. The van der Waals surface area contributed by atoms with E-state index in [1.165, 1.54) is 25.5 Å². The molecule has 2 aromatic rings. The summed E-state index contributed by atoms with van der Waals surface area (Å²) >= 11 is 0. The summed E-state index contributed by atoms with van der Waals surface area (Å²) in [5.41, 5.74) is 8.65. The van der Waals surface area contributed by atoms with Crippen molar-refractivity contribution < 1.29 is 4.79 Å². The summed E-state index contributed by atoms with van der Waals surface area (Å²) in [7, 11) is 0. The van der Waals surface area contributed by atoms with Crippen LogP contribution in [0.25, 0.3) is 0 Å². The predicted octanol–water partition coefficient (Wildman–Crippen LogP) is 3.87. The lowest BCUT2D eigenvalue weighted by Crippen LogP contribution is -2.44. The third kappa shape index (κ3) is 5.24. The zero-order chi connectivity index (χ0) is 23.4. The molecule has 1 unspecified atom stereocenters. The zero-order valence-corrected chi connectivity index (χ0v) is 19.8. The van der Waals surface area contributed by atoms with Gasteiger partial charge < -0.3 is 10.6 Å². The summed E-state index contributed by atoms with van der Waals surface area (Å²) < 4.78 is 0. The van der Waals surface area contributed by atoms with Gasteiger partial charge >= 0.3 is 0 Å². The number of aromatic nitrogens is 2. The number of para-hydroxylation sites is 1. The zero-order valence-electron chi connectivity index (χ0n) is 19.8. The number of nitrogens with one attached hydrogen (secondary N) is 1. The molecule has 4 rings (SSSR count). The molecule has 3 heterocycles. The van der Waals surface area contributed by atoms with Crippen molar-refractivity contribution in [2.24, 2.45) is 5.73 Å². The summed E-state index contributed by atoms with van der Waals surface area (Å²) in [6.45, 7) is 6.55. The van der Waals surface area contributed by atoms with Gasteiger partial charge in [-0.15, -0.1) is 0 Å². The van der Waals surface area contributed by atoms with Crippen molar-refractivity contribution in [3.8, 4) is 0 Å². The van der Waals surface area contributed by atoms with Gasteiger partial charge in [-0.25, -0.2) is 4.98 Å². The normalized spacial score (nSPS) is 23.4. The van der Waals surface area contributed by atoms with Gasteiger partial charge in [0.25, 0.3) is 0 Å². The van der Waals surface area contributed by atoms with Gasteiger partial charge in [0.2, 0.25) is 5.91 Å². The van der Waals surface area contributed by atoms with Crippen molar-refractivity contribution in [1.29, 1.82) is 5.41 Å². The molecule has 1 aromatic carbocycles. The Hall–Kier alpha value is -2.80. The van der Waals surface area contributed by atoms with E-state index in [1.807, 2.05) is 23.1 Å². The number of hydrogen-bond donors (Lipinski definition) is 2. The van der Waals surface area contributed by atoms with Crippen LogP contribution in [0.15, 0.2) is 36.7 Å². The number of nitrogens with zero attached hydrogens (tertiary/aromatic N) is 4. The molecule has 0 bridgehead atoms. The molecule has 0 aliphatic carbocycles. The second kappa shape index (κ2) is 10.4. The molecule has 2 aliphatic rings. The van der Waals surface area contributed by atoms with Gasteiger partial charge in [0.05, 0.1) is 17.8 Å². The Bertz CT molecular complexity index is 982. The van der Waals surface area contributed by atoms with Gasteiger partial charge in [-0.05, 0) is 64.1 Å². The van der Waals surface area contributed by atoms with Gasteiger partial charge in [-0.2, -0.15) is 0 Å². The first-order valence-electron chi connectivity index (χ1n) is 12.3. The number of nitrogens with two attached hydrogens (primary N) is 1. The van der Waals surface area contributed by atoms with E-state index in [4.69, 9.17) is 11.1 Å². The average molecular weight is 449 g/mol. The third-order valence-corrected chi connectivity index (χ3v) is 7.23. The molecule has 3 N–H and O–H groups in total. The summed E-state index contributed by atoms with van der Waals surface area (Å²) in [6, 6.07) is 9.49. The number of carbonyl (C=O) groups is 1. The van der Waals surface area contributed by atoms with E-state index in [-0.39, 0.29) is 11.7 Å². The number of likely N-dealkylation sites (tertiary alicyclic amines) is 1. The molecule has 7 heteroatoms. The number of rotatable bonds is 8. The standard InChI is InChI=1S/C26H36N6O/c1-18-9-8-10-19(2)31(18)13-6-3-7-14-32-24-12-5-4-11-20(24)15-21(26(32)33)22-16-29-17-23(30-22)25(27)28/h4-5,11-12,16-19,21H,3,6-10,13-15H2,1-2H3,(H3,27,28)/t18-,19+,21?. The maximum absolute atomic E-state index is 13.5. The number of piperidine rings is 1. The van der Waals surface area contributed by atoms with Crippen LogP contribution in [-0.2, 0) is 11.2 Å². The molecular weight excluding hydrogens is 412 g/mol. The Morgan fingerprint density at radius 2 is 1.82 bits per heavy atom. The van der Waals surface area contributed by atoms with Crippen LogP contribution >= 0.6 is 0 Å². The number of benzene rings is 1. The monoisotopic (exact) mass is 448 g/mol. The molecule has 3 atom stereocenters. The highest BCUT2D eigenvalue weighted by molar-refractivity contribution is 6.01. The molecule has 0 saturated carbocycles. The predicted molar refractivity (Wildman–Crippen MR) is 132 cm³/mol. The first-order valence-corrected chi connectivity index (χ1v) is 12.3. The maximum Gasteiger partial charge on any atom is 0.236 e. The average Bonchev–Trinajstić information content (AvgIpc) is 2.81. The summed E-state index contributed by atoms with van der Waals surface area (Å²) in [4.78, 5) is 26.8. The number of amides is 1. The fraction of sp³-hybridized carbons (Fsp3) is 0.538. The Kier molecular flexibility index (Phi) is 7.38. The highest BCUT2D eigenvalue weighted by Crippen LogP contribution is 2.35. The van der Waals surface area contributed by atoms with Crippen LogP contribution in [0.1, 0.15) is 75.2 Å². The summed E-state index contributed by atoms with van der Waals surface area (Å²) in [5, 5.41) is 7.66.